The lowest BCUT2D eigenvalue weighted by atomic mass is 9.90. The molecule has 0 aliphatic carbocycles. The Morgan fingerprint density at radius 3 is 1.82 bits per heavy atom. The second-order valence-electron chi connectivity index (χ2n) is 8.89. The predicted molar refractivity (Wildman–Crippen MR) is 150 cm³/mol. The lowest BCUT2D eigenvalue weighted by molar-refractivity contribution is 0.0911. The van der Waals surface area contributed by atoms with Crippen molar-refractivity contribution in [2.24, 2.45) is 5.92 Å². The van der Waals surface area contributed by atoms with Gasteiger partial charge in [0.15, 0.2) is 11.2 Å². The zero-order valence-corrected chi connectivity index (χ0v) is 25.5. The molecule has 0 bridgehead atoms. The lowest BCUT2D eigenvalue weighted by Gasteiger charge is -2.37. The Bertz CT molecular complexity index is 1300. The average Bonchev–Trinajstić information content (AvgIpc) is 2.89. The Balaban J connectivity index is 2.14. The molecule has 0 fully saturated rings. The molecule has 0 saturated carbocycles. The third kappa shape index (κ3) is 6.73. The lowest BCUT2D eigenvalue weighted by Crippen LogP contribution is -2.44. The summed E-state index contributed by atoms with van der Waals surface area (Å²) in [6.07, 6.45) is -0.304. The van der Waals surface area contributed by atoms with Crippen LogP contribution in [0.1, 0.15) is 50.0 Å². The molecule has 13 heteroatoms. The molecule has 1 heterocycles. The molecule has 10 nitrogen and oxygen atoms in total. The van der Waals surface area contributed by atoms with Crippen molar-refractivity contribution in [2.75, 3.05) is 37.3 Å². The fourth-order valence-electron chi connectivity index (χ4n) is 4.57. The molecule has 0 N–H and O–H groups in total. The molecular weight excluding hydrogens is 564 g/mol. The van der Waals surface area contributed by atoms with Crippen molar-refractivity contribution in [1.29, 1.82) is 0 Å². The summed E-state index contributed by atoms with van der Waals surface area (Å²) in [7, 11) is -12.4. The molecular formula is C26H37NO9P2S. The minimum absolute atomic E-state index is 0.0125. The van der Waals surface area contributed by atoms with Crippen LogP contribution < -0.4 is 4.31 Å². The molecule has 0 radical (unpaired) electrons. The van der Waals surface area contributed by atoms with E-state index in [1.54, 1.807) is 64.1 Å². The number of Topliss-reactive ketones (excluding diaryl/α,β-unsaturated/α-hetero) is 1. The second-order valence-corrected chi connectivity index (χ2v) is 15.6. The standard InChI is InChI=1S/C26H37NO9P2S/c1-6-33-37(29,34-7-2)25(38(30,35-8-3)36-9-4)18-21-19-27(24-13-11-10-12-23(24)26(21)28)39(31,32)22-16-14-20(5)15-17-22/h10-17,21,25H,6-9,18-19H2,1-5H3. The van der Waals surface area contributed by atoms with Crippen molar-refractivity contribution >= 4 is 36.7 Å². The van der Waals surface area contributed by atoms with Gasteiger partial charge in [0.25, 0.3) is 10.0 Å². The second kappa shape index (κ2) is 13.2. The van der Waals surface area contributed by atoms with Crippen molar-refractivity contribution in [1.82, 2.24) is 0 Å². The molecule has 3 rings (SSSR count). The van der Waals surface area contributed by atoms with E-state index >= 15 is 0 Å². The van der Waals surface area contributed by atoms with Crippen LogP contribution in [-0.4, -0.2) is 52.6 Å². The monoisotopic (exact) mass is 601 g/mol. The van der Waals surface area contributed by atoms with Crippen LogP contribution in [0.3, 0.4) is 0 Å². The number of hydrogen-bond donors (Lipinski definition) is 0. The number of carbonyl (C=O) groups excluding carboxylic acids is 1. The molecule has 1 atom stereocenters. The first kappa shape index (κ1) is 31.7. The maximum absolute atomic E-state index is 14.0. The molecule has 0 saturated heterocycles. The normalized spacial score (nSPS) is 16.5. The highest BCUT2D eigenvalue weighted by Crippen LogP contribution is 2.72. The summed E-state index contributed by atoms with van der Waals surface area (Å²) in [5.74, 6) is -1.40. The van der Waals surface area contributed by atoms with Crippen molar-refractivity contribution in [2.45, 2.75) is 51.3 Å². The van der Waals surface area contributed by atoms with Gasteiger partial charge in [-0.2, -0.15) is 0 Å². The third-order valence-corrected chi connectivity index (χ3v) is 14.1. The van der Waals surface area contributed by atoms with E-state index in [0.717, 1.165) is 5.56 Å². The number of anilines is 1. The van der Waals surface area contributed by atoms with Crippen LogP contribution in [0.2, 0.25) is 0 Å². The summed E-state index contributed by atoms with van der Waals surface area (Å²) in [6.45, 7) is 8.01. The van der Waals surface area contributed by atoms with E-state index in [0.29, 0.717) is 0 Å². The van der Waals surface area contributed by atoms with E-state index in [4.69, 9.17) is 18.1 Å². The topological polar surface area (TPSA) is 126 Å². The molecule has 39 heavy (non-hydrogen) atoms. The summed E-state index contributed by atoms with van der Waals surface area (Å²) in [5, 5.41) is -1.45. The van der Waals surface area contributed by atoms with Crippen molar-refractivity contribution in [3.05, 3.63) is 59.7 Å². The number of para-hydroxylation sites is 1. The molecule has 2 aromatic carbocycles. The molecule has 1 aliphatic rings. The maximum atomic E-state index is 14.0. The highest BCUT2D eigenvalue weighted by Gasteiger charge is 2.53. The number of benzene rings is 2. The van der Waals surface area contributed by atoms with E-state index < -0.39 is 36.5 Å². The van der Waals surface area contributed by atoms with Crippen LogP contribution in [0.4, 0.5) is 5.69 Å². The summed E-state index contributed by atoms with van der Waals surface area (Å²) < 4.78 is 79.1. The number of nitrogens with zero attached hydrogens (tertiary/aromatic N) is 1. The number of aryl methyl sites for hydroxylation is 1. The Morgan fingerprint density at radius 2 is 1.33 bits per heavy atom. The number of ketones is 1. The minimum Gasteiger partial charge on any atom is -0.308 e. The number of carbonyl (C=O) groups is 1. The van der Waals surface area contributed by atoms with E-state index in [1.807, 2.05) is 6.92 Å². The Hall–Kier alpha value is -1.84. The van der Waals surface area contributed by atoms with Crippen LogP contribution in [0.5, 0.6) is 0 Å². The van der Waals surface area contributed by atoms with E-state index in [2.05, 4.69) is 0 Å². The molecule has 1 aliphatic heterocycles. The SMILES string of the molecule is CCOP(=O)(OCC)C(CC1CN(S(=O)(=O)c2ccc(C)cc2)c2ccccc2C1=O)P(=O)(OCC)OCC. The zero-order valence-electron chi connectivity index (χ0n) is 22.9. The van der Waals surface area contributed by atoms with Crippen LogP contribution in [0.25, 0.3) is 0 Å². The quantitative estimate of drug-likeness (QED) is 0.231. The molecule has 2 aromatic rings. The largest absolute Gasteiger partial charge is 0.345 e. The fraction of sp³-hybridized carbons (Fsp3) is 0.500. The molecule has 0 spiro atoms. The Morgan fingerprint density at radius 1 is 0.846 bits per heavy atom. The maximum Gasteiger partial charge on any atom is 0.345 e. The number of rotatable bonds is 14. The molecule has 0 amide bonds. The first-order valence-corrected chi connectivity index (χ1v) is 17.6. The van der Waals surface area contributed by atoms with Crippen molar-refractivity contribution in [3.63, 3.8) is 0 Å². The van der Waals surface area contributed by atoms with Crippen molar-refractivity contribution in [3.8, 4) is 0 Å². The molecule has 0 aromatic heterocycles. The Labute approximate surface area is 231 Å². The van der Waals surface area contributed by atoms with Crippen molar-refractivity contribution < 1.29 is 40.4 Å². The summed E-state index contributed by atoms with van der Waals surface area (Å²) in [6, 6.07) is 12.8. The highest BCUT2D eigenvalue weighted by molar-refractivity contribution is 7.92. The van der Waals surface area contributed by atoms with Crippen LogP contribution >= 0.6 is 15.2 Å². The van der Waals surface area contributed by atoms with Gasteiger partial charge in [0.05, 0.1) is 37.0 Å². The minimum atomic E-state index is -4.15. The first-order chi connectivity index (χ1) is 18.5. The number of fused-ring (bicyclic) bond motifs is 1. The van der Waals surface area contributed by atoms with Gasteiger partial charge in [-0.05, 0) is 65.3 Å². The van der Waals surface area contributed by atoms with E-state index in [-0.39, 0.29) is 61.3 Å². The van der Waals surface area contributed by atoms with Crippen LogP contribution in [-0.2, 0) is 37.2 Å². The average molecular weight is 602 g/mol. The molecule has 1 unspecified atom stereocenters. The van der Waals surface area contributed by atoms with Crippen LogP contribution in [0.15, 0.2) is 53.4 Å². The van der Waals surface area contributed by atoms with Gasteiger partial charge in [-0.3, -0.25) is 18.2 Å². The van der Waals surface area contributed by atoms with Gasteiger partial charge in [-0.1, -0.05) is 29.8 Å². The van der Waals surface area contributed by atoms with E-state index in [1.165, 1.54) is 16.4 Å². The van der Waals surface area contributed by atoms with Gasteiger partial charge in [0.1, 0.15) is 0 Å². The molecule has 216 valence electrons. The number of hydrogen-bond acceptors (Lipinski definition) is 9. The highest BCUT2D eigenvalue weighted by atomic mass is 32.2. The first-order valence-electron chi connectivity index (χ1n) is 13.0. The van der Waals surface area contributed by atoms with Gasteiger partial charge < -0.3 is 18.1 Å². The summed E-state index contributed by atoms with van der Waals surface area (Å²) >= 11 is 0. The van der Waals surface area contributed by atoms with Gasteiger partial charge in [0, 0.05) is 18.0 Å². The van der Waals surface area contributed by atoms with Gasteiger partial charge in [-0.25, -0.2) is 8.42 Å². The summed E-state index contributed by atoms with van der Waals surface area (Å²) in [5.41, 5.74) is 1.33. The Kier molecular flexibility index (Phi) is 10.7. The van der Waals surface area contributed by atoms with Crippen LogP contribution in [0, 0.1) is 12.8 Å². The smallest absolute Gasteiger partial charge is 0.308 e. The van der Waals surface area contributed by atoms with Gasteiger partial charge in [0.2, 0.25) is 0 Å². The van der Waals surface area contributed by atoms with Gasteiger partial charge in [-0.15, -0.1) is 0 Å². The zero-order chi connectivity index (χ0) is 28.8. The predicted octanol–water partition coefficient (Wildman–Crippen LogP) is 6.25. The fourth-order valence-corrected chi connectivity index (χ4v) is 11.6. The van der Waals surface area contributed by atoms with E-state index in [9.17, 15) is 22.3 Å². The van der Waals surface area contributed by atoms with Gasteiger partial charge >= 0.3 is 15.2 Å². The third-order valence-electron chi connectivity index (χ3n) is 6.27. The summed E-state index contributed by atoms with van der Waals surface area (Å²) in [4.78, 5) is 13.8. The number of sulfonamides is 1.